The third-order valence-electron chi connectivity index (χ3n) is 17.1. The fourth-order valence-electron chi connectivity index (χ4n) is 10.8. The summed E-state index contributed by atoms with van der Waals surface area (Å²) in [4.78, 5) is 73.2. The topological polar surface area (TPSA) is 237 Å². The molecule has 0 amide bonds. The van der Waals surface area contributed by atoms with Crippen molar-refractivity contribution in [1.29, 1.82) is 0 Å². The van der Waals surface area contributed by atoms with Crippen molar-refractivity contribution in [3.05, 3.63) is 134 Å². The summed E-state index contributed by atoms with van der Waals surface area (Å²) in [6.07, 6.45) is 88.4. The zero-order valence-corrected chi connectivity index (χ0v) is 68.4. The first kappa shape index (κ1) is 101. The minimum atomic E-state index is -5.00. The second kappa shape index (κ2) is 78.3. The standard InChI is InChI=1S/C87H148O17P2/c1-5-9-13-17-21-25-29-33-37-39-40-42-45-48-52-56-60-64-68-72-85(90)98-78-83(104-87(92)74-70-66-62-58-54-50-46-41-38-34-30-26-22-18-14-10-6-2)80-102-106(95,96)100-76-81(88)75-99-105(93,94)101-79-82(103-86(91)73-69-65-61-57-53-49-44-36-32-28-24-20-16-12-8-4)77-97-84(89)71-67-63-59-55-51-47-43-35-31-27-23-19-15-11-7-3/h10-11,14-15,21-23,25-27,33-38,40,42-44,46,50,81-83,88H,5-9,12-13,16-20,24,28-32,39,41,45,47-49,51-80H2,1-4H3,(H,93,94)(H,95,96)/b14-10-,15-11-,25-21-,26-22-,27-23-,37-33-,38-34-,42-40-,43-35-,44-36-,50-46-. The van der Waals surface area contributed by atoms with Gasteiger partial charge >= 0.3 is 39.5 Å². The lowest BCUT2D eigenvalue weighted by Crippen LogP contribution is -2.30. The number of carbonyl (C=O) groups is 4. The van der Waals surface area contributed by atoms with E-state index in [2.05, 4.69) is 161 Å². The van der Waals surface area contributed by atoms with E-state index in [1.54, 1.807) is 0 Å². The minimum Gasteiger partial charge on any atom is -0.462 e. The first-order chi connectivity index (χ1) is 51.7. The van der Waals surface area contributed by atoms with E-state index in [0.29, 0.717) is 25.7 Å². The molecule has 0 aromatic rings. The van der Waals surface area contributed by atoms with Crippen LogP contribution in [0.2, 0.25) is 0 Å². The highest BCUT2D eigenvalue weighted by Gasteiger charge is 2.30. The largest absolute Gasteiger partial charge is 0.472 e. The van der Waals surface area contributed by atoms with Gasteiger partial charge in [0, 0.05) is 25.7 Å². The summed E-state index contributed by atoms with van der Waals surface area (Å²) in [7, 11) is -9.98. The first-order valence-corrected chi connectivity index (χ1v) is 44.4. The average Bonchev–Trinajstić information content (AvgIpc) is 0.907. The Bertz CT molecular complexity index is 2530. The van der Waals surface area contributed by atoms with Crippen LogP contribution in [0.15, 0.2) is 134 Å². The van der Waals surface area contributed by atoms with Gasteiger partial charge in [-0.15, -0.1) is 0 Å². The van der Waals surface area contributed by atoms with Crippen LogP contribution in [0.3, 0.4) is 0 Å². The van der Waals surface area contributed by atoms with Crippen LogP contribution in [-0.2, 0) is 65.4 Å². The molecule has 0 aliphatic carbocycles. The Balaban J connectivity index is 5.42. The summed E-state index contributed by atoms with van der Waals surface area (Å²) < 4.78 is 68.7. The molecule has 0 bridgehead atoms. The number of hydrogen-bond donors (Lipinski definition) is 3. The lowest BCUT2D eigenvalue weighted by molar-refractivity contribution is -0.161. The summed E-state index contributed by atoms with van der Waals surface area (Å²) >= 11 is 0. The molecule has 106 heavy (non-hydrogen) atoms. The fourth-order valence-corrected chi connectivity index (χ4v) is 12.4. The minimum absolute atomic E-state index is 0.0605. The van der Waals surface area contributed by atoms with Crippen molar-refractivity contribution >= 4 is 39.5 Å². The predicted molar refractivity (Wildman–Crippen MR) is 436 cm³/mol. The van der Waals surface area contributed by atoms with E-state index in [9.17, 15) is 43.2 Å². The van der Waals surface area contributed by atoms with Crippen LogP contribution < -0.4 is 0 Å². The van der Waals surface area contributed by atoms with Gasteiger partial charge in [-0.2, -0.15) is 0 Å². The van der Waals surface area contributed by atoms with Crippen molar-refractivity contribution in [1.82, 2.24) is 0 Å². The third kappa shape index (κ3) is 77.4. The van der Waals surface area contributed by atoms with Crippen LogP contribution in [0.25, 0.3) is 0 Å². The Morgan fingerprint density at radius 3 is 0.783 bits per heavy atom. The molecule has 0 spiro atoms. The van der Waals surface area contributed by atoms with Crippen LogP contribution >= 0.6 is 15.6 Å². The van der Waals surface area contributed by atoms with Gasteiger partial charge in [0.25, 0.3) is 0 Å². The van der Waals surface area contributed by atoms with E-state index in [1.165, 1.54) is 57.8 Å². The van der Waals surface area contributed by atoms with Gasteiger partial charge in [-0.05, 0) is 161 Å². The smallest absolute Gasteiger partial charge is 0.462 e. The van der Waals surface area contributed by atoms with Crippen LogP contribution in [0, 0.1) is 0 Å². The second-order valence-corrected chi connectivity index (χ2v) is 30.2. The van der Waals surface area contributed by atoms with Gasteiger partial charge in [0.15, 0.2) is 12.2 Å². The van der Waals surface area contributed by atoms with Crippen LogP contribution in [0.4, 0.5) is 0 Å². The quantitative estimate of drug-likeness (QED) is 0.0169. The van der Waals surface area contributed by atoms with Crippen molar-refractivity contribution in [3.8, 4) is 0 Å². The predicted octanol–water partition coefficient (Wildman–Crippen LogP) is 24.4. The maximum absolute atomic E-state index is 13.1. The fraction of sp³-hybridized carbons (Fsp3) is 0.701. The van der Waals surface area contributed by atoms with Gasteiger partial charge in [-0.1, -0.05) is 283 Å². The second-order valence-electron chi connectivity index (χ2n) is 27.3. The average molecular weight is 1530 g/mol. The molecule has 0 heterocycles. The number of esters is 4. The summed E-state index contributed by atoms with van der Waals surface area (Å²) in [5.41, 5.74) is 0. The van der Waals surface area contributed by atoms with Gasteiger partial charge in [-0.3, -0.25) is 37.3 Å². The van der Waals surface area contributed by atoms with Crippen LogP contribution in [0.5, 0.6) is 0 Å². The van der Waals surface area contributed by atoms with E-state index in [4.69, 9.17) is 37.0 Å². The first-order valence-electron chi connectivity index (χ1n) is 41.4. The molecular weight excluding hydrogens is 1380 g/mol. The van der Waals surface area contributed by atoms with Crippen LogP contribution in [0.1, 0.15) is 336 Å². The summed E-state index contributed by atoms with van der Waals surface area (Å²) in [6.45, 7) is 4.57. The van der Waals surface area contributed by atoms with E-state index in [1.807, 2.05) is 0 Å². The van der Waals surface area contributed by atoms with E-state index in [0.717, 1.165) is 199 Å². The number of carbonyl (C=O) groups excluding carboxylic acids is 4. The molecule has 0 rings (SSSR count). The molecule has 608 valence electrons. The zero-order valence-electron chi connectivity index (χ0n) is 66.6. The summed E-state index contributed by atoms with van der Waals surface area (Å²) in [5.74, 6) is -2.24. The van der Waals surface area contributed by atoms with Crippen molar-refractivity contribution in [2.24, 2.45) is 0 Å². The SMILES string of the molecule is CC/C=C\C/C=C\C/C=C\C/C=C\CCCCCCC(=O)OC(COC(=O)CCCCCCCC/C=C\C/C=C\C/C=C\CCCCC)COP(=O)(O)OCC(O)COP(=O)(O)OCC(COC(=O)CCCCCCC/C=C\C/C=C\C/C=C\CC)OC(=O)CCCCCCC/C=C\CCCCCCCC. The molecule has 5 unspecified atom stereocenters. The number of rotatable bonds is 77. The Morgan fingerprint density at radius 1 is 0.274 bits per heavy atom. The highest BCUT2D eigenvalue weighted by Crippen LogP contribution is 2.45. The van der Waals surface area contributed by atoms with Gasteiger partial charge < -0.3 is 33.8 Å². The molecule has 0 saturated heterocycles. The number of aliphatic hydroxyl groups is 1. The third-order valence-corrected chi connectivity index (χ3v) is 19.0. The lowest BCUT2D eigenvalue weighted by atomic mass is 10.1. The molecule has 5 atom stereocenters. The van der Waals surface area contributed by atoms with Gasteiger partial charge in [0.05, 0.1) is 26.4 Å². The molecule has 3 N–H and O–H groups in total. The van der Waals surface area contributed by atoms with Crippen molar-refractivity contribution in [2.45, 2.75) is 354 Å². The van der Waals surface area contributed by atoms with Gasteiger partial charge in [-0.25, -0.2) is 9.13 Å². The van der Waals surface area contributed by atoms with Crippen molar-refractivity contribution < 1.29 is 80.2 Å². The van der Waals surface area contributed by atoms with Gasteiger partial charge in [0.2, 0.25) is 0 Å². The molecule has 0 aliphatic heterocycles. The van der Waals surface area contributed by atoms with E-state index < -0.39 is 97.5 Å². The Morgan fingerprint density at radius 2 is 0.491 bits per heavy atom. The van der Waals surface area contributed by atoms with Gasteiger partial charge in [0.1, 0.15) is 19.3 Å². The Kier molecular flexibility index (Phi) is 74.8. The Labute approximate surface area is 644 Å². The number of phosphoric acid groups is 2. The van der Waals surface area contributed by atoms with E-state index in [-0.39, 0.29) is 25.7 Å². The number of phosphoric ester groups is 2. The molecule has 0 aromatic carbocycles. The van der Waals surface area contributed by atoms with Crippen LogP contribution in [-0.4, -0.2) is 96.7 Å². The monoisotopic (exact) mass is 1530 g/mol. The summed E-state index contributed by atoms with van der Waals surface area (Å²) in [6, 6.07) is 0. The number of unbranched alkanes of at least 4 members (excludes halogenated alkanes) is 29. The van der Waals surface area contributed by atoms with E-state index >= 15 is 0 Å². The molecule has 0 saturated carbocycles. The number of hydrogen-bond acceptors (Lipinski definition) is 15. The molecule has 17 nitrogen and oxygen atoms in total. The molecule has 19 heteroatoms. The zero-order chi connectivity index (χ0) is 77.4. The van der Waals surface area contributed by atoms with Crippen molar-refractivity contribution in [2.75, 3.05) is 39.6 Å². The molecule has 0 radical (unpaired) electrons. The maximum Gasteiger partial charge on any atom is 0.472 e. The molecular formula is C87H148O17P2. The molecule has 0 aliphatic rings. The number of aliphatic hydroxyl groups excluding tert-OH is 1. The maximum atomic E-state index is 13.1. The highest BCUT2D eigenvalue weighted by atomic mass is 31.2. The number of ether oxygens (including phenoxy) is 4. The normalized spacial score (nSPS) is 14.5. The van der Waals surface area contributed by atoms with Crippen molar-refractivity contribution in [3.63, 3.8) is 0 Å². The summed E-state index contributed by atoms with van der Waals surface area (Å²) in [5, 5.41) is 10.7. The molecule has 0 aromatic heterocycles. The highest BCUT2D eigenvalue weighted by molar-refractivity contribution is 7.47. The molecule has 0 fully saturated rings. The lowest BCUT2D eigenvalue weighted by Gasteiger charge is -2.21. The Hall–Kier alpha value is -4.80. The number of allylic oxidation sites excluding steroid dienone is 22.